The third-order valence-corrected chi connectivity index (χ3v) is 6.15. The molecule has 1 N–H and O–H groups in total. The van der Waals surface area contributed by atoms with Gasteiger partial charge in [-0.15, -0.1) is 15.0 Å². The second kappa shape index (κ2) is 8.97. The van der Waals surface area contributed by atoms with Crippen molar-refractivity contribution in [2.45, 2.75) is 13.0 Å². The predicted molar refractivity (Wildman–Crippen MR) is 121 cm³/mol. The van der Waals surface area contributed by atoms with Gasteiger partial charge in [0.1, 0.15) is 22.5 Å². The molecule has 4 aromatic rings. The van der Waals surface area contributed by atoms with Gasteiger partial charge >= 0.3 is 0 Å². The van der Waals surface area contributed by atoms with E-state index in [0.29, 0.717) is 27.3 Å². The van der Waals surface area contributed by atoms with Crippen molar-refractivity contribution in [3.8, 4) is 11.4 Å². The maximum absolute atomic E-state index is 12.9. The summed E-state index contributed by atoms with van der Waals surface area (Å²) in [6, 6.07) is 20.7. The lowest BCUT2D eigenvalue weighted by atomic mass is 10.1. The second-order valence-corrected chi connectivity index (χ2v) is 9.32. The highest BCUT2D eigenvalue weighted by Gasteiger charge is 2.27. The number of hydrogen-bond acceptors (Lipinski definition) is 6. The molecule has 1 atom stereocenters. The zero-order valence-electron chi connectivity index (χ0n) is 17.0. The van der Waals surface area contributed by atoms with Crippen LogP contribution in [0.2, 0.25) is 5.02 Å². The van der Waals surface area contributed by atoms with Gasteiger partial charge in [0, 0.05) is 10.6 Å². The van der Waals surface area contributed by atoms with Crippen LogP contribution >= 0.6 is 11.6 Å². The Kier molecular flexibility index (Phi) is 6.11. The summed E-state index contributed by atoms with van der Waals surface area (Å²) in [6.45, 7) is 1.44. The van der Waals surface area contributed by atoms with E-state index in [0.717, 1.165) is 0 Å². The number of benzene rings is 3. The smallest absolute Gasteiger partial charge is 0.279 e. The van der Waals surface area contributed by atoms with Gasteiger partial charge in [0.2, 0.25) is 16.1 Å². The third kappa shape index (κ3) is 4.74. The van der Waals surface area contributed by atoms with Crippen LogP contribution in [-0.4, -0.2) is 35.1 Å². The fraction of sp³-hybridized carbons (Fsp3) is 0.136. The highest BCUT2D eigenvalue weighted by atomic mass is 35.5. The van der Waals surface area contributed by atoms with E-state index in [1.54, 1.807) is 48.5 Å². The predicted octanol–water partition coefficient (Wildman–Crippen LogP) is 3.66. The molecule has 0 aliphatic carbocycles. The number of nitrogens with zero attached hydrogens (tertiary/aromatic N) is 3. The van der Waals surface area contributed by atoms with E-state index in [1.165, 1.54) is 11.7 Å². The maximum atomic E-state index is 12.9. The first kappa shape index (κ1) is 21.8. The minimum absolute atomic E-state index is 0.240. The number of carbonyl (C=O) groups is 1. The van der Waals surface area contributed by atoms with Crippen LogP contribution < -0.4 is 9.46 Å². The van der Waals surface area contributed by atoms with Crippen LogP contribution in [-0.2, 0) is 14.8 Å². The van der Waals surface area contributed by atoms with Gasteiger partial charge in [0.15, 0.2) is 0 Å². The van der Waals surface area contributed by atoms with Crippen LogP contribution in [0.5, 0.6) is 5.75 Å². The number of aromatic nitrogens is 3. The second-order valence-electron chi connectivity index (χ2n) is 6.87. The van der Waals surface area contributed by atoms with Crippen molar-refractivity contribution in [2.75, 3.05) is 5.75 Å². The fourth-order valence-corrected chi connectivity index (χ4v) is 3.74. The molecule has 1 heterocycles. The zero-order valence-corrected chi connectivity index (χ0v) is 18.5. The van der Waals surface area contributed by atoms with Crippen molar-refractivity contribution in [1.29, 1.82) is 0 Å². The van der Waals surface area contributed by atoms with Gasteiger partial charge in [-0.2, -0.15) is 0 Å². The quantitative estimate of drug-likeness (QED) is 0.442. The number of halogens is 1. The standard InChI is InChI=1S/C22H19ClN4O4S/c1-2-32(29,30)26-22(28)21(15-8-4-3-5-9-15)31-20-13-12-16(23)14-19(20)27-24-17-10-6-7-11-18(17)25-27/h3-14,21H,2H2,1H3,(H,26,28). The molecule has 0 radical (unpaired) electrons. The largest absolute Gasteiger partial charge is 0.473 e. The molecule has 0 saturated heterocycles. The lowest BCUT2D eigenvalue weighted by Gasteiger charge is -2.20. The SMILES string of the molecule is CCS(=O)(=O)NC(=O)C(Oc1ccc(Cl)cc1-n1nc2ccccc2n1)c1ccccc1. The van der Waals surface area contributed by atoms with Crippen LogP contribution in [0.25, 0.3) is 16.7 Å². The highest BCUT2D eigenvalue weighted by Crippen LogP contribution is 2.31. The summed E-state index contributed by atoms with van der Waals surface area (Å²) in [6.07, 6.45) is -1.23. The molecule has 1 unspecified atom stereocenters. The number of hydrogen-bond donors (Lipinski definition) is 1. The van der Waals surface area contributed by atoms with Crippen molar-refractivity contribution in [2.24, 2.45) is 0 Å². The van der Waals surface area contributed by atoms with E-state index in [-0.39, 0.29) is 11.5 Å². The first-order valence-electron chi connectivity index (χ1n) is 9.74. The Morgan fingerprint density at radius 3 is 2.28 bits per heavy atom. The minimum atomic E-state index is -3.78. The van der Waals surface area contributed by atoms with Gasteiger partial charge < -0.3 is 4.74 Å². The van der Waals surface area contributed by atoms with E-state index < -0.39 is 22.0 Å². The van der Waals surface area contributed by atoms with Crippen LogP contribution in [0, 0.1) is 0 Å². The number of nitrogens with one attached hydrogen (secondary N) is 1. The van der Waals surface area contributed by atoms with Crippen LogP contribution in [0.1, 0.15) is 18.6 Å². The lowest BCUT2D eigenvalue weighted by molar-refractivity contribution is -0.126. The number of rotatable bonds is 7. The van der Waals surface area contributed by atoms with E-state index in [1.807, 2.05) is 24.3 Å². The normalized spacial score (nSPS) is 12.4. The molecule has 4 rings (SSSR count). The van der Waals surface area contributed by atoms with E-state index in [9.17, 15) is 13.2 Å². The summed E-state index contributed by atoms with van der Waals surface area (Å²) in [4.78, 5) is 14.3. The molecule has 8 nitrogen and oxygen atoms in total. The summed E-state index contributed by atoms with van der Waals surface area (Å²) in [5.74, 6) is -0.791. The molecule has 0 fully saturated rings. The zero-order chi connectivity index (χ0) is 22.7. The van der Waals surface area contributed by atoms with Gasteiger partial charge in [0.25, 0.3) is 5.91 Å². The molecule has 0 saturated carbocycles. The highest BCUT2D eigenvalue weighted by molar-refractivity contribution is 7.90. The monoisotopic (exact) mass is 470 g/mol. The first-order valence-corrected chi connectivity index (χ1v) is 11.8. The number of sulfonamides is 1. The Bertz CT molecular complexity index is 1340. The molecule has 3 aromatic carbocycles. The molecular formula is C22H19ClN4O4S. The molecule has 0 bridgehead atoms. The molecule has 0 aliphatic heterocycles. The molecule has 0 aliphatic rings. The Labute approximate surface area is 189 Å². The number of amides is 1. The summed E-state index contributed by atoms with van der Waals surface area (Å²) < 4.78 is 32.1. The molecule has 32 heavy (non-hydrogen) atoms. The van der Waals surface area contributed by atoms with Crippen molar-refractivity contribution in [3.05, 3.63) is 83.4 Å². The Morgan fingerprint density at radius 2 is 1.66 bits per heavy atom. The minimum Gasteiger partial charge on any atom is -0.473 e. The summed E-state index contributed by atoms with van der Waals surface area (Å²) in [7, 11) is -3.78. The van der Waals surface area contributed by atoms with Crippen molar-refractivity contribution in [3.63, 3.8) is 0 Å². The van der Waals surface area contributed by atoms with Crippen LogP contribution in [0.4, 0.5) is 0 Å². The lowest BCUT2D eigenvalue weighted by Crippen LogP contribution is -2.37. The Morgan fingerprint density at radius 1 is 1.03 bits per heavy atom. The van der Waals surface area contributed by atoms with Gasteiger partial charge in [-0.25, -0.2) is 13.1 Å². The maximum Gasteiger partial charge on any atom is 0.279 e. The molecule has 164 valence electrons. The van der Waals surface area contributed by atoms with Crippen molar-refractivity contribution < 1.29 is 17.9 Å². The first-order chi connectivity index (χ1) is 15.4. The molecule has 1 aromatic heterocycles. The van der Waals surface area contributed by atoms with Gasteiger partial charge in [-0.05, 0) is 37.3 Å². The topological polar surface area (TPSA) is 103 Å². The fourth-order valence-electron chi connectivity index (χ4n) is 3.02. The molecule has 1 amide bonds. The summed E-state index contributed by atoms with van der Waals surface area (Å²) in [5, 5.41) is 9.32. The van der Waals surface area contributed by atoms with E-state index in [2.05, 4.69) is 14.9 Å². The van der Waals surface area contributed by atoms with Gasteiger partial charge in [-0.1, -0.05) is 54.1 Å². The van der Waals surface area contributed by atoms with Gasteiger partial charge in [0.05, 0.1) is 5.75 Å². The molecular weight excluding hydrogens is 452 g/mol. The molecule has 10 heteroatoms. The Balaban J connectivity index is 1.76. The van der Waals surface area contributed by atoms with Crippen LogP contribution in [0.15, 0.2) is 72.8 Å². The summed E-state index contributed by atoms with van der Waals surface area (Å²) >= 11 is 6.20. The van der Waals surface area contributed by atoms with Gasteiger partial charge in [-0.3, -0.25) is 4.79 Å². The average molecular weight is 471 g/mol. The number of ether oxygens (including phenoxy) is 1. The van der Waals surface area contributed by atoms with Crippen molar-refractivity contribution in [1.82, 2.24) is 19.7 Å². The van der Waals surface area contributed by atoms with Crippen LogP contribution in [0.3, 0.4) is 0 Å². The number of fused-ring (bicyclic) bond motifs is 1. The average Bonchev–Trinajstić information content (AvgIpc) is 3.22. The number of carbonyl (C=O) groups excluding carboxylic acids is 1. The van der Waals surface area contributed by atoms with Crippen molar-refractivity contribution >= 4 is 38.6 Å². The third-order valence-electron chi connectivity index (χ3n) is 4.64. The Hall–Kier alpha value is -3.43. The molecule has 0 spiro atoms. The van der Waals surface area contributed by atoms with E-state index >= 15 is 0 Å². The summed E-state index contributed by atoms with van der Waals surface area (Å²) in [5.41, 5.74) is 2.23. The van der Waals surface area contributed by atoms with E-state index in [4.69, 9.17) is 16.3 Å².